The minimum atomic E-state index is -3.51. The van der Waals surface area contributed by atoms with Gasteiger partial charge in [-0.2, -0.15) is 0 Å². The highest BCUT2D eigenvalue weighted by atomic mass is 32.2. The third-order valence-corrected chi connectivity index (χ3v) is 7.08. The lowest BCUT2D eigenvalue weighted by Crippen LogP contribution is -2.47. The second-order valence-corrected chi connectivity index (χ2v) is 10.7. The van der Waals surface area contributed by atoms with E-state index in [0.29, 0.717) is 25.2 Å². The summed E-state index contributed by atoms with van der Waals surface area (Å²) in [5.41, 5.74) is 4.69. The van der Waals surface area contributed by atoms with Gasteiger partial charge in [0.2, 0.25) is 21.8 Å². The molecule has 0 fully saturated rings. The van der Waals surface area contributed by atoms with Gasteiger partial charge >= 0.3 is 0 Å². The van der Waals surface area contributed by atoms with E-state index in [1.165, 1.54) is 10.6 Å². The van der Waals surface area contributed by atoms with Crippen LogP contribution in [0.3, 0.4) is 0 Å². The Labute approximate surface area is 204 Å². The Bertz CT molecular complexity index is 1110. The second kappa shape index (κ2) is 12.0. The fourth-order valence-corrected chi connectivity index (χ4v) is 4.75. The minimum absolute atomic E-state index is 0.131. The molecule has 0 bridgehead atoms. The van der Waals surface area contributed by atoms with Crippen molar-refractivity contribution in [3.63, 3.8) is 0 Å². The smallest absolute Gasteiger partial charge is 0.242 e. The van der Waals surface area contributed by atoms with Crippen molar-refractivity contribution < 1.29 is 18.0 Å². The van der Waals surface area contributed by atoms with Crippen LogP contribution in [0.2, 0.25) is 0 Å². The highest BCUT2D eigenvalue weighted by Crippen LogP contribution is 2.22. The van der Waals surface area contributed by atoms with E-state index < -0.39 is 16.1 Å². The number of likely N-dealkylation sites (N-methyl/N-ethyl adjacent to an activating group) is 1. The maximum Gasteiger partial charge on any atom is 0.242 e. The third kappa shape index (κ3) is 7.58. The number of rotatable bonds is 11. The van der Waals surface area contributed by atoms with Crippen LogP contribution in [0.15, 0.2) is 42.5 Å². The predicted octanol–water partition coefficient (Wildman–Crippen LogP) is 3.71. The molecule has 0 heterocycles. The van der Waals surface area contributed by atoms with E-state index in [0.717, 1.165) is 22.3 Å². The first-order valence-corrected chi connectivity index (χ1v) is 13.5. The molecule has 0 saturated carbocycles. The Balaban J connectivity index is 2.17. The summed E-state index contributed by atoms with van der Waals surface area (Å²) in [6, 6.07) is 12.7. The molecule has 186 valence electrons. The van der Waals surface area contributed by atoms with Crippen LogP contribution < -0.4 is 9.62 Å². The quantitative estimate of drug-likeness (QED) is 0.523. The van der Waals surface area contributed by atoms with Gasteiger partial charge in [0.1, 0.15) is 6.04 Å². The van der Waals surface area contributed by atoms with Crippen molar-refractivity contribution in [3.8, 4) is 0 Å². The molecule has 2 aromatic rings. The summed E-state index contributed by atoms with van der Waals surface area (Å²) in [4.78, 5) is 27.3. The zero-order valence-electron chi connectivity index (χ0n) is 21.1. The van der Waals surface area contributed by atoms with Gasteiger partial charge in [0.05, 0.1) is 11.9 Å². The number of nitrogens with zero attached hydrogens (tertiary/aromatic N) is 2. The molecular weight excluding hydrogens is 450 g/mol. The first-order valence-electron chi connectivity index (χ1n) is 11.6. The standard InChI is InChI=1S/C26H37N3O4S/c1-7-27-26(31)22(5)28(18-23-11-8-10-19(2)16-23)25(30)12-9-15-29(34(6,32)33)24-14-13-20(3)21(4)17-24/h8,10-11,13-14,16-17,22H,7,9,12,15,18H2,1-6H3,(H,27,31). The summed E-state index contributed by atoms with van der Waals surface area (Å²) >= 11 is 0. The average molecular weight is 488 g/mol. The number of hydrogen-bond donors (Lipinski definition) is 1. The van der Waals surface area contributed by atoms with Gasteiger partial charge in [0.25, 0.3) is 0 Å². The molecule has 2 rings (SSSR count). The van der Waals surface area contributed by atoms with E-state index in [-0.39, 0.29) is 24.8 Å². The van der Waals surface area contributed by atoms with Crippen molar-refractivity contribution in [1.82, 2.24) is 10.2 Å². The molecule has 0 radical (unpaired) electrons. The predicted molar refractivity (Wildman–Crippen MR) is 137 cm³/mol. The Hall–Kier alpha value is -2.87. The van der Waals surface area contributed by atoms with Crippen molar-refractivity contribution in [2.75, 3.05) is 23.7 Å². The van der Waals surface area contributed by atoms with E-state index in [1.54, 1.807) is 17.9 Å². The van der Waals surface area contributed by atoms with Gasteiger partial charge in [-0.1, -0.05) is 35.9 Å². The Kier molecular flexibility index (Phi) is 9.67. The Morgan fingerprint density at radius 2 is 1.74 bits per heavy atom. The average Bonchev–Trinajstić information content (AvgIpc) is 2.76. The van der Waals surface area contributed by atoms with Gasteiger partial charge in [-0.25, -0.2) is 8.42 Å². The Morgan fingerprint density at radius 1 is 1.03 bits per heavy atom. The maximum absolute atomic E-state index is 13.2. The first-order chi connectivity index (χ1) is 15.9. The molecule has 1 N–H and O–H groups in total. The molecule has 0 spiro atoms. The molecule has 0 saturated heterocycles. The molecule has 8 heteroatoms. The highest BCUT2D eigenvalue weighted by molar-refractivity contribution is 7.92. The summed E-state index contributed by atoms with van der Waals surface area (Å²) < 4.78 is 26.3. The van der Waals surface area contributed by atoms with Crippen LogP contribution in [0, 0.1) is 20.8 Å². The summed E-state index contributed by atoms with van der Waals surface area (Å²) in [7, 11) is -3.51. The third-order valence-electron chi connectivity index (χ3n) is 5.88. The summed E-state index contributed by atoms with van der Waals surface area (Å²) in [5.74, 6) is -0.398. The molecule has 2 aromatic carbocycles. The van der Waals surface area contributed by atoms with Crippen molar-refractivity contribution in [3.05, 3.63) is 64.7 Å². The van der Waals surface area contributed by atoms with E-state index in [2.05, 4.69) is 5.32 Å². The summed E-state index contributed by atoms with van der Waals surface area (Å²) in [6.45, 7) is 10.4. The largest absolute Gasteiger partial charge is 0.355 e. The lowest BCUT2D eigenvalue weighted by atomic mass is 10.1. The minimum Gasteiger partial charge on any atom is -0.355 e. The number of nitrogens with one attached hydrogen (secondary N) is 1. The van der Waals surface area contributed by atoms with E-state index in [4.69, 9.17) is 0 Å². The number of amides is 2. The number of carbonyl (C=O) groups is 2. The van der Waals surface area contributed by atoms with Gasteiger partial charge in [0, 0.05) is 26.1 Å². The fraction of sp³-hybridized carbons (Fsp3) is 0.462. The van der Waals surface area contributed by atoms with Crippen molar-refractivity contribution in [1.29, 1.82) is 0 Å². The van der Waals surface area contributed by atoms with Crippen LogP contribution in [-0.4, -0.2) is 50.5 Å². The molecule has 0 aliphatic rings. The number of sulfonamides is 1. The van der Waals surface area contributed by atoms with Gasteiger partial charge in [-0.05, 0) is 69.9 Å². The molecule has 7 nitrogen and oxygen atoms in total. The van der Waals surface area contributed by atoms with Crippen LogP contribution >= 0.6 is 0 Å². The molecule has 0 aliphatic heterocycles. The van der Waals surface area contributed by atoms with Crippen molar-refractivity contribution in [2.45, 2.75) is 60.0 Å². The summed E-state index contributed by atoms with van der Waals surface area (Å²) in [5, 5.41) is 2.78. The van der Waals surface area contributed by atoms with E-state index in [9.17, 15) is 18.0 Å². The summed E-state index contributed by atoms with van der Waals surface area (Å²) in [6.07, 6.45) is 1.64. The molecule has 34 heavy (non-hydrogen) atoms. The number of anilines is 1. The number of carbonyl (C=O) groups excluding carboxylic acids is 2. The van der Waals surface area contributed by atoms with E-state index in [1.807, 2.05) is 64.1 Å². The highest BCUT2D eigenvalue weighted by Gasteiger charge is 2.26. The zero-order valence-corrected chi connectivity index (χ0v) is 21.9. The molecule has 1 unspecified atom stereocenters. The van der Waals surface area contributed by atoms with Crippen LogP contribution in [0.5, 0.6) is 0 Å². The van der Waals surface area contributed by atoms with Gasteiger partial charge in [0.15, 0.2) is 0 Å². The van der Waals surface area contributed by atoms with Crippen LogP contribution in [0.1, 0.15) is 48.9 Å². The van der Waals surface area contributed by atoms with Crippen molar-refractivity contribution in [2.24, 2.45) is 0 Å². The Morgan fingerprint density at radius 3 is 2.32 bits per heavy atom. The lowest BCUT2D eigenvalue weighted by molar-refractivity contribution is -0.140. The first kappa shape index (κ1) is 27.4. The van der Waals surface area contributed by atoms with Crippen LogP contribution in [0.25, 0.3) is 0 Å². The van der Waals surface area contributed by atoms with Crippen LogP contribution in [-0.2, 0) is 26.2 Å². The van der Waals surface area contributed by atoms with Gasteiger partial charge < -0.3 is 10.2 Å². The molecular formula is C26H37N3O4S. The zero-order chi connectivity index (χ0) is 25.5. The van der Waals surface area contributed by atoms with Crippen LogP contribution in [0.4, 0.5) is 5.69 Å². The number of aryl methyl sites for hydroxylation is 3. The fourth-order valence-electron chi connectivity index (χ4n) is 3.80. The lowest BCUT2D eigenvalue weighted by Gasteiger charge is -2.29. The normalized spacial score (nSPS) is 12.2. The number of hydrogen-bond acceptors (Lipinski definition) is 4. The van der Waals surface area contributed by atoms with Crippen molar-refractivity contribution >= 4 is 27.5 Å². The molecule has 0 aliphatic carbocycles. The van der Waals surface area contributed by atoms with Gasteiger partial charge in [-0.3, -0.25) is 13.9 Å². The molecule has 2 amide bonds. The van der Waals surface area contributed by atoms with E-state index >= 15 is 0 Å². The maximum atomic E-state index is 13.2. The monoisotopic (exact) mass is 487 g/mol. The molecule has 1 atom stereocenters. The topological polar surface area (TPSA) is 86.8 Å². The molecule has 0 aromatic heterocycles. The number of benzene rings is 2. The SMILES string of the molecule is CCNC(=O)C(C)N(Cc1cccc(C)c1)C(=O)CCCN(c1ccc(C)c(C)c1)S(C)(=O)=O. The second-order valence-electron chi connectivity index (χ2n) is 8.79. The van der Waals surface area contributed by atoms with Gasteiger partial charge in [-0.15, -0.1) is 0 Å².